The molecule has 2 rings (SSSR count). The van der Waals surface area contributed by atoms with Gasteiger partial charge in [-0.25, -0.2) is 10.9 Å². The van der Waals surface area contributed by atoms with Crippen molar-refractivity contribution in [3.8, 4) is 0 Å². The van der Waals surface area contributed by atoms with Crippen LogP contribution in [0, 0.1) is 13.8 Å². The van der Waals surface area contributed by atoms with E-state index in [1.54, 1.807) is 35.1 Å². The lowest BCUT2D eigenvalue weighted by atomic mass is 10.4. The number of thiophene rings is 2. The van der Waals surface area contributed by atoms with Crippen molar-refractivity contribution in [2.45, 2.75) is 20.3 Å². The molecule has 0 aliphatic heterocycles. The van der Waals surface area contributed by atoms with E-state index in [2.05, 4.69) is 21.1 Å². The number of hydrogen-bond acceptors (Lipinski definition) is 6. The molecule has 23 heavy (non-hydrogen) atoms. The van der Waals surface area contributed by atoms with Gasteiger partial charge in [-0.1, -0.05) is 0 Å². The quantitative estimate of drug-likeness (QED) is 0.477. The van der Waals surface area contributed by atoms with Gasteiger partial charge in [0.2, 0.25) is 11.8 Å². The Morgan fingerprint density at radius 1 is 0.913 bits per heavy atom. The standard InChI is InChI=1S/C15H16N4O2S2/c1-10-3-5-12(22-10)8-16-18-14(20)7-15(21)19-17-9-13-6-4-11(2)23-13/h3-6,8-9H,7H2,1-2H3,(H,18,20)(H,19,21)/b16-8-,17-9-. The normalized spacial score (nSPS) is 11.2. The smallest absolute Gasteiger partial charge is 0.249 e. The van der Waals surface area contributed by atoms with Crippen molar-refractivity contribution in [3.63, 3.8) is 0 Å². The summed E-state index contributed by atoms with van der Waals surface area (Å²) in [6, 6.07) is 7.75. The highest BCUT2D eigenvalue weighted by molar-refractivity contribution is 7.13. The van der Waals surface area contributed by atoms with Crippen LogP contribution < -0.4 is 10.9 Å². The van der Waals surface area contributed by atoms with E-state index in [1.807, 2.05) is 38.1 Å². The first-order valence-corrected chi connectivity index (χ1v) is 8.43. The molecule has 0 aliphatic carbocycles. The molecule has 0 saturated heterocycles. The van der Waals surface area contributed by atoms with Gasteiger partial charge in [-0.05, 0) is 38.1 Å². The molecule has 0 spiro atoms. The number of rotatable bonds is 6. The monoisotopic (exact) mass is 348 g/mol. The van der Waals surface area contributed by atoms with E-state index < -0.39 is 11.8 Å². The maximum absolute atomic E-state index is 11.6. The van der Waals surface area contributed by atoms with Crippen molar-refractivity contribution in [1.82, 2.24) is 10.9 Å². The molecule has 2 amide bonds. The topological polar surface area (TPSA) is 82.9 Å². The average Bonchev–Trinajstić information content (AvgIpc) is 3.07. The van der Waals surface area contributed by atoms with E-state index in [1.165, 1.54) is 0 Å². The van der Waals surface area contributed by atoms with Gasteiger partial charge in [0.15, 0.2) is 0 Å². The molecular weight excluding hydrogens is 332 g/mol. The number of hydrogen-bond donors (Lipinski definition) is 2. The van der Waals surface area contributed by atoms with E-state index in [9.17, 15) is 9.59 Å². The van der Waals surface area contributed by atoms with Crippen LogP contribution in [0.15, 0.2) is 34.5 Å². The molecule has 0 bridgehead atoms. The largest absolute Gasteiger partial charge is 0.273 e. The molecule has 2 aromatic rings. The molecule has 0 unspecified atom stereocenters. The van der Waals surface area contributed by atoms with Gasteiger partial charge in [-0.3, -0.25) is 9.59 Å². The van der Waals surface area contributed by atoms with Crippen molar-refractivity contribution in [2.75, 3.05) is 0 Å². The first-order chi connectivity index (χ1) is 11.0. The van der Waals surface area contributed by atoms with Gasteiger partial charge in [-0.2, -0.15) is 10.2 Å². The molecule has 2 aromatic heterocycles. The second kappa shape index (κ2) is 8.35. The molecule has 0 radical (unpaired) electrons. The zero-order chi connectivity index (χ0) is 16.7. The summed E-state index contributed by atoms with van der Waals surface area (Å²) in [6.45, 7) is 3.98. The fourth-order valence-electron chi connectivity index (χ4n) is 1.61. The highest BCUT2D eigenvalue weighted by Crippen LogP contribution is 2.12. The van der Waals surface area contributed by atoms with Crippen LogP contribution in [0.25, 0.3) is 0 Å². The third-order valence-electron chi connectivity index (χ3n) is 2.61. The Morgan fingerprint density at radius 3 is 1.70 bits per heavy atom. The lowest BCUT2D eigenvalue weighted by Crippen LogP contribution is -2.27. The fourth-order valence-corrected chi connectivity index (χ4v) is 3.10. The number of amides is 2. The zero-order valence-electron chi connectivity index (χ0n) is 12.7. The Balaban J connectivity index is 1.71. The van der Waals surface area contributed by atoms with Gasteiger partial charge in [0, 0.05) is 19.5 Å². The van der Waals surface area contributed by atoms with E-state index in [0.29, 0.717) is 0 Å². The summed E-state index contributed by atoms with van der Waals surface area (Å²) in [4.78, 5) is 27.3. The summed E-state index contributed by atoms with van der Waals surface area (Å²) in [5.41, 5.74) is 4.62. The SMILES string of the molecule is Cc1ccc(/C=N\NC(=O)CC(=O)N/N=C\c2ccc(C)s2)s1. The molecule has 2 N–H and O–H groups in total. The zero-order valence-corrected chi connectivity index (χ0v) is 14.3. The van der Waals surface area contributed by atoms with E-state index in [0.717, 1.165) is 19.5 Å². The van der Waals surface area contributed by atoms with Crippen molar-refractivity contribution >= 4 is 46.9 Å². The summed E-state index contributed by atoms with van der Waals surface area (Å²) in [7, 11) is 0. The minimum Gasteiger partial charge on any atom is -0.273 e. The van der Waals surface area contributed by atoms with Crippen LogP contribution in [-0.2, 0) is 9.59 Å². The molecule has 8 heteroatoms. The third-order valence-corrected chi connectivity index (χ3v) is 4.48. The molecular formula is C15H16N4O2S2. The lowest BCUT2D eigenvalue weighted by molar-refractivity contribution is -0.129. The minimum absolute atomic E-state index is 0.332. The molecule has 6 nitrogen and oxygen atoms in total. The predicted octanol–water partition coefficient (Wildman–Crippen LogP) is 2.42. The Labute approximate surface area is 141 Å². The van der Waals surface area contributed by atoms with Crippen LogP contribution in [0.4, 0.5) is 0 Å². The van der Waals surface area contributed by atoms with Gasteiger partial charge in [0.1, 0.15) is 6.42 Å². The van der Waals surface area contributed by atoms with Crippen LogP contribution in [0.3, 0.4) is 0 Å². The molecule has 0 fully saturated rings. The fraction of sp³-hybridized carbons (Fsp3) is 0.200. The second-order valence-electron chi connectivity index (χ2n) is 4.66. The molecule has 120 valence electrons. The summed E-state index contributed by atoms with van der Waals surface area (Å²) in [5, 5.41) is 7.62. The predicted molar refractivity (Wildman–Crippen MR) is 94.2 cm³/mol. The second-order valence-corrected chi connectivity index (χ2v) is 7.30. The van der Waals surface area contributed by atoms with Crippen molar-refractivity contribution in [1.29, 1.82) is 0 Å². The van der Waals surface area contributed by atoms with Crippen LogP contribution >= 0.6 is 22.7 Å². The number of carbonyl (C=O) groups excluding carboxylic acids is 2. The van der Waals surface area contributed by atoms with Crippen molar-refractivity contribution in [2.24, 2.45) is 10.2 Å². The molecule has 0 saturated carbocycles. The van der Waals surface area contributed by atoms with E-state index in [4.69, 9.17) is 0 Å². The Kier molecular flexibility index (Phi) is 6.19. The van der Waals surface area contributed by atoms with Gasteiger partial charge in [0.25, 0.3) is 0 Å². The molecule has 0 aromatic carbocycles. The Hall–Kier alpha value is -2.32. The van der Waals surface area contributed by atoms with Crippen molar-refractivity contribution in [3.05, 3.63) is 43.8 Å². The van der Waals surface area contributed by atoms with Crippen molar-refractivity contribution < 1.29 is 9.59 Å². The first kappa shape index (κ1) is 17.0. The number of aryl methyl sites for hydroxylation is 2. The summed E-state index contributed by atoms with van der Waals surface area (Å²) < 4.78 is 0. The maximum atomic E-state index is 11.6. The van der Waals surface area contributed by atoms with E-state index >= 15 is 0 Å². The number of nitrogens with one attached hydrogen (secondary N) is 2. The number of carbonyl (C=O) groups is 2. The van der Waals surface area contributed by atoms with Crippen LogP contribution in [0.2, 0.25) is 0 Å². The highest BCUT2D eigenvalue weighted by Gasteiger charge is 2.07. The molecule has 0 aliphatic rings. The summed E-state index contributed by atoms with van der Waals surface area (Å²) >= 11 is 3.13. The maximum Gasteiger partial charge on any atom is 0.249 e. The van der Waals surface area contributed by atoms with E-state index in [-0.39, 0.29) is 6.42 Å². The highest BCUT2D eigenvalue weighted by atomic mass is 32.1. The average molecular weight is 348 g/mol. The Morgan fingerprint density at radius 2 is 1.35 bits per heavy atom. The van der Waals surface area contributed by atoms with Gasteiger partial charge >= 0.3 is 0 Å². The van der Waals surface area contributed by atoms with Gasteiger partial charge in [0.05, 0.1) is 12.4 Å². The lowest BCUT2D eigenvalue weighted by Gasteiger charge is -1.98. The third kappa shape index (κ3) is 6.13. The van der Waals surface area contributed by atoms with Crippen LogP contribution in [-0.4, -0.2) is 24.2 Å². The van der Waals surface area contributed by atoms with Crippen LogP contribution in [0.5, 0.6) is 0 Å². The summed E-state index contributed by atoms with van der Waals surface area (Å²) in [6.07, 6.45) is 2.76. The number of nitrogens with zero attached hydrogens (tertiary/aromatic N) is 2. The minimum atomic E-state index is -0.491. The Bertz CT molecular complexity index is 684. The molecule has 2 heterocycles. The van der Waals surface area contributed by atoms with Gasteiger partial charge in [-0.15, -0.1) is 22.7 Å². The van der Waals surface area contributed by atoms with Crippen LogP contribution in [0.1, 0.15) is 25.9 Å². The first-order valence-electron chi connectivity index (χ1n) is 6.79. The molecule has 0 atom stereocenters. The number of hydrazone groups is 2. The van der Waals surface area contributed by atoms with Gasteiger partial charge < -0.3 is 0 Å². The summed E-state index contributed by atoms with van der Waals surface area (Å²) in [5.74, 6) is -0.983.